The first-order chi connectivity index (χ1) is 12.2. The highest BCUT2D eigenvalue weighted by molar-refractivity contribution is 14.1. The Morgan fingerprint density at radius 3 is 2.24 bits per heavy atom. The molecule has 1 saturated heterocycles. The SMILES string of the molecule is CCC[Si]1CCC(CCC2CCC(c3ccc(I)c(F)c3)CC2)CC1. The van der Waals surface area contributed by atoms with Crippen LogP contribution in [0.15, 0.2) is 18.2 Å². The van der Waals surface area contributed by atoms with E-state index in [1.54, 1.807) is 24.2 Å². The van der Waals surface area contributed by atoms with Crippen molar-refractivity contribution < 1.29 is 4.39 Å². The van der Waals surface area contributed by atoms with Crippen molar-refractivity contribution in [3.8, 4) is 0 Å². The predicted octanol–water partition coefficient (Wildman–Crippen LogP) is 7.80. The van der Waals surface area contributed by atoms with Gasteiger partial charge in [-0.2, -0.15) is 0 Å². The molecular weight excluding hydrogens is 438 g/mol. The number of rotatable bonds is 6. The summed E-state index contributed by atoms with van der Waals surface area (Å²) in [6.07, 6.45) is 12.6. The van der Waals surface area contributed by atoms with E-state index in [0.717, 1.165) is 15.4 Å². The molecule has 0 N–H and O–H groups in total. The summed E-state index contributed by atoms with van der Waals surface area (Å²) in [5.74, 6) is 2.53. The molecule has 0 bridgehead atoms. The van der Waals surface area contributed by atoms with Crippen LogP contribution >= 0.6 is 22.6 Å². The van der Waals surface area contributed by atoms with Crippen molar-refractivity contribution >= 4 is 31.4 Å². The molecule has 1 aromatic carbocycles. The van der Waals surface area contributed by atoms with Gasteiger partial charge in [0, 0.05) is 12.4 Å². The van der Waals surface area contributed by atoms with E-state index in [0.29, 0.717) is 5.92 Å². The van der Waals surface area contributed by atoms with E-state index in [1.807, 2.05) is 6.07 Å². The van der Waals surface area contributed by atoms with Crippen LogP contribution in [0.3, 0.4) is 0 Å². The van der Waals surface area contributed by atoms with Crippen LogP contribution in [0.1, 0.15) is 76.2 Å². The molecule has 139 valence electrons. The zero-order valence-electron chi connectivity index (χ0n) is 15.7. The fraction of sp³-hybridized carbons (Fsp3) is 0.727. The molecule has 1 heterocycles. The monoisotopic (exact) mass is 471 g/mol. The van der Waals surface area contributed by atoms with E-state index < -0.39 is 0 Å². The van der Waals surface area contributed by atoms with Crippen molar-refractivity contribution in [1.29, 1.82) is 0 Å². The molecule has 0 aromatic heterocycles. The first-order valence-electron chi connectivity index (χ1n) is 10.4. The highest BCUT2D eigenvalue weighted by atomic mass is 127. The maximum atomic E-state index is 13.8. The molecule has 0 atom stereocenters. The van der Waals surface area contributed by atoms with Crippen molar-refractivity contribution in [1.82, 2.24) is 0 Å². The molecule has 1 aliphatic heterocycles. The van der Waals surface area contributed by atoms with E-state index >= 15 is 0 Å². The number of hydrogen-bond acceptors (Lipinski definition) is 0. The average molecular weight is 471 g/mol. The first-order valence-corrected chi connectivity index (χ1v) is 13.6. The van der Waals surface area contributed by atoms with Gasteiger partial charge >= 0.3 is 0 Å². The Labute approximate surface area is 169 Å². The van der Waals surface area contributed by atoms with Crippen LogP contribution in [-0.2, 0) is 0 Å². The van der Waals surface area contributed by atoms with Gasteiger partial charge in [-0.05, 0) is 83.7 Å². The van der Waals surface area contributed by atoms with Gasteiger partial charge in [-0.1, -0.05) is 63.2 Å². The van der Waals surface area contributed by atoms with E-state index in [4.69, 9.17) is 0 Å². The molecule has 0 spiro atoms. The minimum Gasteiger partial charge on any atom is -0.206 e. The van der Waals surface area contributed by atoms with E-state index in [9.17, 15) is 4.39 Å². The largest absolute Gasteiger partial charge is 0.206 e. The molecule has 1 radical (unpaired) electrons. The van der Waals surface area contributed by atoms with Crippen LogP contribution in [0.25, 0.3) is 0 Å². The highest BCUT2D eigenvalue weighted by Gasteiger charge is 2.25. The van der Waals surface area contributed by atoms with Crippen molar-refractivity contribution in [2.75, 3.05) is 0 Å². The van der Waals surface area contributed by atoms with Crippen molar-refractivity contribution in [3.63, 3.8) is 0 Å². The summed E-state index contributed by atoms with van der Waals surface area (Å²) in [6, 6.07) is 10.6. The lowest BCUT2D eigenvalue weighted by Crippen LogP contribution is -2.22. The molecule has 3 rings (SSSR count). The van der Waals surface area contributed by atoms with Crippen LogP contribution in [0.5, 0.6) is 0 Å². The van der Waals surface area contributed by atoms with Gasteiger partial charge in [0.25, 0.3) is 0 Å². The van der Waals surface area contributed by atoms with Crippen LogP contribution in [0.2, 0.25) is 18.1 Å². The van der Waals surface area contributed by atoms with Gasteiger partial charge in [-0.25, -0.2) is 4.39 Å². The normalized spacial score (nSPS) is 26.0. The molecular formula is C22H33FISi. The van der Waals surface area contributed by atoms with Gasteiger partial charge in [0.2, 0.25) is 0 Å². The van der Waals surface area contributed by atoms with E-state index in [2.05, 4.69) is 35.6 Å². The zero-order valence-corrected chi connectivity index (χ0v) is 18.9. The highest BCUT2D eigenvalue weighted by Crippen LogP contribution is 2.39. The fourth-order valence-corrected chi connectivity index (χ4v) is 8.43. The number of hydrogen-bond donors (Lipinski definition) is 0. The summed E-state index contributed by atoms with van der Waals surface area (Å²) in [5, 5.41) is 0. The maximum absolute atomic E-state index is 13.8. The third kappa shape index (κ3) is 5.79. The lowest BCUT2D eigenvalue weighted by Gasteiger charge is -2.31. The van der Waals surface area contributed by atoms with Gasteiger partial charge in [-0.3, -0.25) is 0 Å². The maximum Gasteiger partial charge on any atom is 0.136 e. The Hall–Kier alpha value is 0.0969. The summed E-state index contributed by atoms with van der Waals surface area (Å²) in [6.45, 7) is 2.35. The number of benzene rings is 1. The summed E-state index contributed by atoms with van der Waals surface area (Å²) in [5.41, 5.74) is 1.23. The molecule has 2 fully saturated rings. The van der Waals surface area contributed by atoms with Gasteiger partial charge in [0.05, 0.1) is 0 Å². The molecule has 0 unspecified atom stereocenters. The summed E-state index contributed by atoms with van der Waals surface area (Å²) >= 11 is 2.08. The quantitative estimate of drug-likeness (QED) is 0.293. The molecule has 1 saturated carbocycles. The Morgan fingerprint density at radius 1 is 1.00 bits per heavy atom. The lowest BCUT2D eigenvalue weighted by atomic mass is 9.76. The van der Waals surface area contributed by atoms with Crippen molar-refractivity contribution in [3.05, 3.63) is 33.1 Å². The number of halogens is 2. The Morgan fingerprint density at radius 2 is 1.64 bits per heavy atom. The molecule has 0 amide bonds. The Balaban J connectivity index is 1.37. The molecule has 25 heavy (non-hydrogen) atoms. The van der Waals surface area contributed by atoms with Crippen LogP contribution in [-0.4, -0.2) is 8.80 Å². The first kappa shape index (κ1) is 19.8. The summed E-state index contributed by atoms with van der Waals surface area (Å²) < 4.78 is 14.5. The summed E-state index contributed by atoms with van der Waals surface area (Å²) in [4.78, 5) is 0. The molecule has 2 aliphatic rings. The predicted molar refractivity (Wildman–Crippen MR) is 116 cm³/mol. The van der Waals surface area contributed by atoms with Crippen LogP contribution in [0.4, 0.5) is 4.39 Å². The molecule has 0 nitrogen and oxygen atoms in total. The van der Waals surface area contributed by atoms with Crippen molar-refractivity contribution in [2.24, 2.45) is 11.8 Å². The third-order valence-corrected chi connectivity index (χ3v) is 10.7. The van der Waals surface area contributed by atoms with Gasteiger partial charge in [-0.15, -0.1) is 0 Å². The van der Waals surface area contributed by atoms with Gasteiger partial charge in [0.1, 0.15) is 5.82 Å². The molecule has 1 aliphatic carbocycles. The van der Waals surface area contributed by atoms with Crippen molar-refractivity contribution in [2.45, 2.75) is 88.8 Å². The Bertz CT molecular complexity index is 531. The smallest absolute Gasteiger partial charge is 0.136 e. The van der Waals surface area contributed by atoms with E-state index in [-0.39, 0.29) is 14.6 Å². The Kier molecular flexibility index (Phi) is 7.83. The van der Waals surface area contributed by atoms with E-state index in [1.165, 1.54) is 63.4 Å². The van der Waals surface area contributed by atoms with Crippen LogP contribution < -0.4 is 0 Å². The second-order valence-corrected chi connectivity index (χ2v) is 12.6. The third-order valence-electron chi connectivity index (χ3n) is 6.66. The topological polar surface area (TPSA) is 0 Å². The molecule has 1 aromatic rings. The lowest BCUT2D eigenvalue weighted by molar-refractivity contribution is 0.280. The second-order valence-electron chi connectivity index (χ2n) is 8.41. The molecule has 3 heteroatoms. The van der Waals surface area contributed by atoms with Gasteiger partial charge in [0.15, 0.2) is 0 Å². The van der Waals surface area contributed by atoms with Gasteiger partial charge < -0.3 is 0 Å². The average Bonchev–Trinajstić information content (AvgIpc) is 2.64. The summed E-state index contributed by atoms with van der Waals surface area (Å²) in [7, 11) is 0.0511. The minimum absolute atomic E-state index is 0.0403. The fourth-order valence-electron chi connectivity index (χ4n) is 5.00. The standard InChI is InChI=1S/C22H33FISi/c1-2-13-25-14-11-18(12-15-25)4-3-17-5-7-19(8-6-17)20-9-10-22(24)21(23)16-20/h9-10,16-19H,2-8,11-15H2,1H3. The minimum atomic E-state index is -0.0403. The second kappa shape index (κ2) is 9.87. The zero-order chi connectivity index (χ0) is 17.6. The van der Waals surface area contributed by atoms with Crippen LogP contribution in [0, 0.1) is 21.2 Å².